The Morgan fingerprint density at radius 2 is 1.93 bits per heavy atom. The topological polar surface area (TPSA) is 0 Å². The Balaban J connectivity index is 1.75. The molecule has 0 spiro atoms. The molecule has 2 atom stereocenters. The maximum absolute atomic E-state index is 13.9. The van der Waals surface area contributed by atoms with Crippen LogP contribution in [-0.4, -0.2) is 0 Å². The maximum Gasteiger partial charge on any atom is 0.141 e. The first-order chi connectivity index (χ1) is 14.0. The molecule has 146 valence electrons. The molecule has 5 rings (SSSR count). The van der Waals surface area contributed by atoms with E-state index in [4.69, 9.17) is 11.6 Å². The molecule has 0 amide bonds. The molecular weight excluding hydrogens is 379 g/mol. The third kappa shape index (κ3) is 3.04. The van der Waals surface area contributed by atoms with E-state index in [9.17, 15) is 4.39 Å². The molecule has 2 aliphatic rings. The second-order valence-electron chi connectivity index (χ2n) is 8.70. The standard InChI is InChI=1S/C27H24ClF/c1-3-27(2)13-12-21-20-10-8-17-6-4-5-7-19(17)23(20)15-22(24(21)16-27)18-9-11-26(29)25(28)14-18/h4-14,22H,3,15-16H2,1-2H3. The van der Waals surface area contributed by atoms with Crippen molar-refractivity contribution in [1.82, 2.24) is 0 Å². The van der Waals surface area contributed by atoms with Crippen molar-refractivity contribution in [2.75, 3.05) is 0 Å². The minimum absolute atomic E-state index is 0.162. The molecule has 0 N–H and O–H groups in total. The molecule has 3 aromatic rings. The summed E-state index contributed by atoms with van der Waals surface area (Å²) in [5.74, 6) is -0.134. The summed E-state index contributed by atoms with van der Waals surface area (Å²) in [4.78, 5) is 0. The molecule has 2 heteroatoms. The van der Waals surface area contributed by atoms with Crippen LogP contribution in [0.2, 0.25) is 5.02 Å². The number of halogens is 2. The van der Waals surface area contributed by atoms with Gasteiger partial charge in [-0.05, 0) is 69.8 Å². The van der Waals surface area contributed by atoms with Gasteiger partial charge < -0.3 is 0 Å². The van der Waals surface area contributed by atoms with E-state index in [1.54, 1.807) is 0 Å². The Kier molecular flexibility index (Phi) is 4.40. The molecule has 0 heterocycles. The van der Waals surface area contributed by atoms with Crippen LogP contribution in [0, 0.1) is 11.2 Å². The molecule has 0 bridgehead atoms. The van der Waals surface area contributed by atoms with E-state index in [1.807, 2.05) is 12.1 Å². The molecule has 0 fully saturated rings. The van der Waals surface area contributed by atoms with Gasteiger partial charge in [0.1, 0.15) is 5.82 Å². The SMILES string of the molecule is CCC1(C)C=CC2=C(C1)C(c1ccc(F)c(Cl)c1)Cc1c2ccc2ccccc12. The summed E-state index contributed by atoms with van der Waals surface area (Å²) in [6, 6.07) is 18.3. The number of rotatable bonds is 2. The third-order valence-corrected chi connectivity index (χ3v) is 7.20. The summed E-state index contributed by atoms with van der Waals surface area (Å²) in [5.41, 5.74) is 6.80. The first-order valence-electron chi connectivity index (χ1n) is 10.4. The number of hydrogen-bond acceptors (Lipinski definition) is 0. The lowest BCUT2D eigenvalue weighted by Gasteiger charge is -2.39. The first kappa shape index (κ1) is 18.6. The molecule has 0 aliphatic heterocycles. The van der Waals surface area contributed by atoms with Crippen molar-refractivity contribution >= 4 is 27.9 Å². The highest BCUT2D eigenvalue weighted by molar-refractivity contribution is 6.30. The maximum atomic E-state index is 13.9. The van der Waals surface area contributed by atoms with E-state index in [-0.39, 0.29) is 22.2 Å². The van der Waals surface area contributed by atoms with Crippen LogP contribution in [0.4, 0.5) is 4.39 Å². The zero-order valence-electron chi connectivity index (χ0n) is 16.8. The highest BCUT2D eigenvalue weighted by atomic mass is 35.5. The van der Waals surface area contributed by atoms with Crippen LogP contribution in [0.25, 0.3) is 16.3 Å². The molecular formula is C27H24ClF. The molecule has 0 radical (unpaired) electrons. The fourth-order valence-corrected chi connectivity index (χ4v) is 5.17. The Hall–Kier alpha value is -2.38. The molecule has 0 saturated heterocycles. The lowest BCUT2D eigenvalue weighted by Crippen LogP contribution is -2.24. The zero-order chi connectivity index (χ0) is 20.2. The molecule has 0 nitrogen and oxygen atoms in total. The number of fused-ring (bicyclic) bond motifs is 4. The van der Waals surface area contributed by atoms with Gasteiger partial charge in [-0.3, -0.25) is 0 Å². The predicted octanol–water partition coefficient (Wildman–Crippen LogP) is 8.10. The van der Waals surface area contributed by atoms with Gasteiger partial charge in [-0.25, -0.2) is 4.39 Å². The highest BCUT2D eigenvalue weighted by Gasteiger charge is 2.35. The van der Waals surface area contributed by atoms with Crippen LogP contribution < -0.4 is 0 Å². The van der Waals surface area contributed by atoms with Crippen molar-refractivity contribution in [2.45, 2.75) is 39.0 Å². The van der Waals surface area contributed by atoms with Gasteiger partial charge in [-0.15, -0.1) is 0 Å². The van der Waals surface area contributed by atoms with Crippen molar-refractivity contribution in [3.8, 4) is 0 Å². The zero-order valence-corrected chi connectivity index (χ0v) is 17.6. The normalized spacial score (nSPS) is 23.2. The van der Waals surface area contributed by atoms with Crippen molar-refractivity contribution in [3.63, 3.8) is 0 Å². The average Bonchev–Trinajstić information content (AvgIpc) is 2.74. The molecule has 2 aliphatic carbocycles. The molecule has 0 saturated carbocycles. The summed E-state index contributed by atoms with van der Waals surface area (Å²) >= 11 is 6.18. The fourth-order valence-electron chi connectivity index (χ4n) is 4.98. The fraction of sp³-hybridized carbons (Fsp3) is 0.259. The second-order valence-corrected chi connectivity index (χ2v) is 9.11. The van der Waals surface area contributed by atoms with Crippen molar-refractivity contribution in [1.29, 1.82) is 0 Å². The minimum atomic E-state index is -0.354. The van der Waals surface area contributed by atoms with Gasteiger partial charge in [0.05, 0.1) is 5.02 Å². The second kappa shape index (κ2) is 6.85. The van der Waals surface area contributed by atoms with Crippen molar-refractivity contribution in [3.05, 3.63) is 99.9 Å². The van der Waals surface area contributed by atoms with Crippen LogP contribution in [-0.2, 0) is 6.42 Å². The van der Waals surface area contributed by atoms with Crippen LogP contribution in [0.15, 0.2) is 72.3 Å². The summed E-state index contributed by atoms with van der Waals surface area (Å²) < 4.78 is 13.9. The van der Waals surface area contributed by atoms with Gasteiger partial charge in [-0.2, -0.15) is 0 Å². The van der Waals surface area contributed by atoms with E-state index in [1.165, 1.54) is 39.1 Å². The number of allylic oxidation sites excluding steroid dienone is 4. The quantitative estimate of drug-likeness (QED) is 0.406. The number of benzene rings is 3. The van der Waals surface area contributed by atoms with E-state index in [0.29, 0.717) is 0 Å². The van der Waals surface area contributed by atoms with Crippen LogP contribution in [0.5, 0.6) is 0 Å². The Morgan fingerprint density at radius 3 is 2.72 bits per heavy atom. The van der Waals surface area contributed by atoms with Crippen LogP contribution in [0.1, 0.15) is 49.3 Å². The third-order valence-electron chi connectivity index (χ3n) is 6.91. The smallest absolute Gasteiger partial charge is 0.141 e. The lowest BCUT2D eigenvalue weighted by atomic mass is 9.65. The monoisotopic (exact) mass is 402 g/mol. The van der Waals surface area contributed by atoms with Gasteiger partial charge >= 0.3 is 0 Å². The van der Waals surface area contributed by atoms with Gasteiger partial charge in [0.25, 0.3) is 0 Å². The van der Waals surface area contributed by atoms with Gasteiger partial charge in [0, 0.05) is 5.92 Å². The summed E-state index contributed by atoms with van der Waals surface area (Å²) in [6.07, 6.45) is 7.76. The summed E-state index contributed by atoms with van der Waals surface area (Å²) in [5, 5.41) is 2.79. The van der Waals surface area contributed by atoms with Gasteiger partial charge in [-0.1, -0.05) is 85.6 Å². The minimum Gasteiger partial charge on any atom is -0.205 e. The van der Waals surface area contributed by atoms with E-state index < -0.39 is 0 Å². The highest BCUT2D eigenvalue weighted by Crippen LogP contribution is 2.51. The van der Waals surface area contributed by atoms with Crippen molar-refractivity contribution in [2.24, 2.45) is 5.41 Å². The average molecular weight is 403 g/mol. The van der Waals surface area contributed by atoms with E-state index in [0.717, 1.165) is 24.8 Å². The van der Waals surface area contributed by atoms with Gasteiger partial charge in [0.15, 0.2) is 0 Å². The van der Waals surface area contributed by atoms with Crippen molar-refractivity contribution < 1.29 is 4.39 Å². The summed E-state index contributed by atoms with van der Waals surface area (Å²) in [6.45, 7) is 4.59. The largest absolute Gasteiger partial charge is 0.205 e. The summed E-state index contributed by atoms with van der Waals surface area (Å²) in [7, 11) is 0. The molecule has 0 aromatic heterocycles. The Labute approximate surface area is 176 Å². The Morgan fingerprint density at radius 1 is 1.10 bits per heavy atom. The molecule has 29 heavy (non-hydrogen) atoms. The lowest BCUT2D eigenvalue weighted by molar-refractivity contribution is 0.392. The van der Waals surface area contributed by atoms with Crippen LogP contribution >= 0.6 is 11.6 Å². The Bertz CT molecular complexity index is 1190. The molecule has 3 aromatic carbocycles. The van der Waals surface area contributed by atoms with Crippen LogP contribution in [0.3, 0.4) is 0 Å². The predicted molar refractivity (Wildman–Crippen MR) is 121 cm³/mol. The van der Waals surface area contributed by atoms with Gasteiger partial charge in [0.2, 0.25) is 0 Å². The first-order valence-corrected chi connectivity index (χ1v) is 10.7. The van der Waals surface area contributed by atoms with E-state index in [2.05, 4.69) is 62.4 Å². The number of hydrogen-bond donors (Lipinski definition) is 0. The molecule has 2 unspecified atom stereocenters. The van der Waals surface area contributed by atoms with E-state index >= 15 is 0 Å².